The number of hydrogen-bond acceptors (Lipinski definition) is 3. The van der Waals surface area contributed by atoms with E-state index in [0.717, 1.165) is 22.2 Å². The summed E-state index contributed by atoms with van der Waals surface area (Å²) in [6.07, 6.45) is 0. The van der Waals surface area contributed by atoms with Crippen LogP contribution in [0.15, 0.2) is 52.4 Å². The van der Waals surface area contributed by atoms with Gasteiger partial charge >= 0.3 is 0 Å². The van der Waals surface area contributed by atoms with E-state index in [9.17, 15) is 0 Å². The van der Waals surface area contributed by atoms with Crippen LogP contribution in [0.5, 0.6) is 0 Å². The molecule has 0 aliphatic heterocycles. The fourth-order valence-corrected chi connectivity index (χ4v) is 2.95. The first-order valence-electron chi connectivity index (χ1n) is 5.63. The second-order valence-corrected chi connectivity index (χ2v) is 5.72. The number of thiazole rings is 1. The van der Waals surface area contributed by atoms with Crippen LogP contribution in [-0.4, -0.2) is 4.98 Å². The predicted molar refractivity (Wildman–Crippen MR) is 81.1 cm³/mol. The third-order valence-electron chi connectivity index (χ3n) is 2.77. The number of nitrogens with one attached hydrogen (secondary N) is 1. The van der Waals surface area contributed by atoms with Gasteiger partial charge in [0.15, 0.2) is 0 Å². The van der Waals surface area contributed by atoms with Crippen molar-refractivity contribution in [3.05, 3.63) is 58.0 Å². The lowest BCUT2D eigenvalue weighted by Gasteiger charge is -2.08. The van der Waals surface area contributed by atoms with Gasteiger partial charge < -0.3 is 5.32 Å². The van der Waals surface area contributed by atoms with Gasteiger partial charge in [-0.3, -0.25) is 0 Å². The van der Waals surface area contributed by atoms with Gasteiger partial charge in [0.25, 0.3) is 0 Å². The molecule has 0 radical (unpaired) electrons. The molecule has 1 heterocycles. The average Bonchev–Trinajstić information content (AvgIpc) is 2.85. The minimum Gasteiger partial charge on any atom is -0.381 e. The maximum atomic E-state index is 4.28. The van der Waals surface area contributed by atoms with Crippen molar-refractivity contribution in [3.63, 3.8) is 0 Å². The molecule has 0 amide bonds. The molecule has 0 fully saturated rings. The van der Waals surface area contributed by atoms with Crippen LogP contribution in [0.25, 0.3) is 10.2 Å². The van der Waals surface area contributed by atoms with Crippen LogP contribution in [-0.2, 0) is 6.54 Å². The highest BCUT2D eigenvalue weighted by atomic mass is 79.9. The van der Waals surface area contributed by atoms with E-state index >= 15 is 0 Å². The molecular formula is C14H11BrN2S. The predicted octanol–water partition coefficient (Wildman–Crippen LogP) is 4.67. The summed E-state index contributed by atoms with van der Waals surface area (Å²) in [5.41, 5.74) is 5.32. The summed E-state index contributed by atoms with van der Waals surface area (Å²) in [6, 6.07) is 14.5. The van der Waals surface area contributed by atoms with Crippen molar-refractivity contribution >= 4 is 43.2 Å². The Balaban J connectivity index is 1.78. The highest BCUT2D eigenvalue weighted by Gasteiger charge is 2.00. The highest BCUT2D eigenvalue weighted by Crippen LogP contribution is 2.23. The van der Waals surface area contributed by atoms with E-state index in [2.05, 4.69) is 50.5 Å². The maximum Gasteiger partial charge on any atom is 0.0813 e. The Hall–Kier alpha value is -1.39. The van der Waals surface area contributed by atoms with Crippen LogP contribution in [0.2, 0.25) is 0 Å². The zero-order valence-corrected chi connectivity index (χ0v) is 12.0. The largest absolute Gasteiger partial charge is 0.381 e. The topological polar surface area (TPSA) is 24.9 Å². The number of nitrogens with zero attached hydrogens (tertiary/aromatic N) is 1. The van der Waals surface area contributed by atoms with Crippen molar-refractivity contribution in [2.45, 2.75) is 6.54 Å². The zero-order valence-electron chi connectivity index (χ0n) is 9.56. The van der Waals surface area contributed by atoms with Crippen molar-refractivity contribution in [2.75, 3.05) is 5.32 Å². The fraction of sp³-hybridized carbons (Fsp3) is 0.0714. The smallest absolute Gasteiger partial charge is 0.0813 e. The van der Waals surface area contributed by atoms with E-state index in [1.54, 1.807) is 11.3 Å². The van der Waals surface area contributed by atoms with Gasteiger partial charge in [0, 0.05) is 16.7 Å². The summed E-state index contributed by atoms with van der Waals surface area (Å²) >= 11 is 5.22. The lowest BCUT2D eigenvalue weighted by Crippen LogP contribution is -1.99. The second-order valence-electron chi connectivity index (χ2n) is 3.98. The Morgan fingerprint density at radius 1 is 1.17 bits per heavy atom. The van der Waals surface area contributed by atoms with Crippen LogP contribution in [0.4, 0.5) is 5.69 Å². The molecule has 2 nitrogen and oxygen atoms in total. The van der Waals surface area contributed by atoms with Crippen molar-refractivity contribution < 1.29 is 0 Å². The third-order valence-corrected chi connectivity index (χ3v) is 4.34. The van der Waals surface area contributed by atoms with Crippen molar-refractivity contribution in [1.82, 2.24) is 4.98 Å². The number of anilines is 1. The SMILES string of the molecule is Brc1ccccc1CNc1ccc2ncsc2c1. The third kappa shape index (κ3) is 2.40. The molecular weight excluding hydrogens is 308 g/mol. The molecule has 90 valence electrons. The lowest BCUT2D eigenvalue weighted by atomic mass is 10.2. The van der Waals surface area contributed by atoms with Crippen molar-refractivity contribution in [3.8, 4) is 0 Å². The Kier molecular flexibility index (Phi) is 3.30. The second kappa shape index (κ2) is 5.08. The van der Waals surface area contributed by atoms with Crippen LogP contribution >= 0.6 is 27.3 Å². The molecule has 0 unspecified atom stereocenters. The number of halogens is 1. The van der Waals surface area contributed by atoms with Gasteiger partial charge in [0.05, 0.1) is 15.7 Å². The van der Waals surface area contributed by atoms with Gasteiger partial charge in [-0.05, 0) is 29.8 Å². The summed E-state index contributed by atoms with van der Waals surface area (Å²) in [6.45, 7) is 0.811. The van der Waals surface area contributed by atoms with Crippen LogP contribution in [0, 0.1) is 0 Å². The summed E-state index contributed by atoms with van der Waals surface area (Å²) in [4.78, 5) is 4.28. The van der Waals surface area contributed by atoms with Gasteiger partial charge in [-0.2, -0.15) is 0 Å². The van der Waals surface area contributed by atoms with E-state index in [1.807, 2.05) is 23.7 Å². The van der Waals surface area contributed by atoms with Gasteiger partial charge in [0.1, 0.15) is 0 Å². The summed E-state index contributed by atoms with van der Waals surface area (Å²) < 4.78 is 2.35. The number of hydrogen-bond donors (Lipinski definition) is 1. The van der Waals surface area contributed by atoms with E-state index in [-0.39, 0.29) is 0 Å². The van der Waals surface area contributed by atoms with Crippen LogP contribution in [0.1, 0.15) is 5.56 Å². The maximum absolute atomic E-state index is 4.28. The first-order chi connectivity index (χ1) is 8.83. The highest BCUT2D eigenvalue weighted by molar-refractivity contribution is 9.10. The summed E-state index contributed by atoms with van der Waals surface area (Å²) in [7, 11) is 0. The van der Waals surface area contributed by atoms with Crippen molar-refractivity contribution in [2.24, 2.45) is 0 Å². The molecule has 1 N–H and O–H groups in total. The van der Waals surface area contributed by atoms with Crippen LogP contribution < -0.4 is 5.32 Å². The van der Waals surface area contributed by atoms with Gasteiger partial charge in [-0.25, -0.2) is 4.98 Å². The minimum atomic E-state index is 0.811. The molecule has 0 aliphatic rings. The molecule has 0 aliphatic carbocycles. The van der Waals surface area contributed by atoms with E-state index < -0.39 is 0 Å². The molecule has 0 saturated heterocycles. The van der Waals surface area contributed by atoms with E-state index in [1.165, 1.54) is 10.3 Å². The van der Waals surface area contributed by atoms with Crippen LogP contribution in [0.3, 0.4) is 0 Å². The molecule has 0 bridgehead atoms. The van der Waals surface area contributed by atoms with Gasteiger partial charge in [-0.15, -0.1) is 11.3 Å². The zero-order chi connectivity index (χ0) is 12.4. The molecule has 3 rings (SSSR count). The first kappa shape index (κ1) is 11.7. The molecule has 4 heteroatoms. The number of benzene rings is 2. The molecule has 0 saturated carbocycles. The van der Waals surface area contributed by atoms with Gasteiger partial charge in [0.2, 0.25) is 0 Å². The molecule has 18 heavy (non-hydrogen) atoms. The molecule has 0 atom stereocenters. The summed E-state index contributed by atoms with van der Waals surface area (Å²) in [5.74, 6) is 0. The standard InChI is InChI=1S/C14H11BrN2S/c15-12-4-2-1-3-10(12)8-16-11-5-6-13-14(7-11)18-9-17-13/h1-7,9,16H,8H2. The quantitative estimate of drug-likeness (QED) is 0.759. The summed E-state index contributed by atoms with van der Waals surface area (Å²) in [5, 5.41) is 3.43. The molecule has 1 aromatic heterocycles. The van der Waals surface area contributed by atoms with Gasteiger partial charge in [-0.1, -0.05) is 34.1 Å². The average molecular weight is 319 g/mol. The van der Waals surface area contributed by atoms with E-state index in [0.29, 0.717) is 0 Å². The van der Waals surface area contributed by atoms with E-state index in [4.69, 9.17) is 0 Å². The van der Waals surface area contributed by atoms with Crippen molar-refractivity contribution in [1.29, 1.82) is 0 Å². The Morgan fingerprint density at radius 3 is 2.94 bits per heavy atom. The number of aromatic nitrogens is 1. The monoisotopic (exact) mass is 318 g/mol. The normalized spacial score (nSPS) is 10.7. The lowest BCUT2D eigenvalue weighted by molar-refractivity contribution is 1.14. The first-order valence-corrected chi connectivity index (χ1v) is 7.31. The minimum absolute atomic E-state index is 0.811. The Bertz CT molecular complexity index is 678. The number of fused-ring (bicyclic) bond motifs is 1. The number of rotatable bonds is 3. The molecule has 0 spiro atoms. The molecule has 3 aromatic rings. The fourth-order valence-electron chi connectivity index (χ4n) is 1.80. The molecule has 2 aromatic carbocycles. The Morgan fingerprint density at radius 2 is 2.06 bits per heavy atom. The Labute approximate surface area is 118 Å².